The van der Waals surface area contributed by atoms with E-state index in [2.05, 4.69) is 0 Å². The molecule has 1 atom stereocenters. The van der Waals surface area contributed by atoms with E-state index >= 15 is 0 Å². The number of halogens is 3. The van der Waals surface area contributed by atoms with Crippen molar-refractivity contribution < 1.29 is 32.5 Å². The third-order valence-electron chi connectivity index (χ3n) is 5.20. The Morgan fingerprint density at radius 1 is 0.939 bits per heavy atom. The molecule has 0 saturated carbocycles. The van der Waals surface area contributed by atoms with Gasteiger partial charge in [-0.25, -0.2) is 0 Å². The van der Waals surface area contributed by atoms with Crippen LogP contribution in [0.5, 0.6) is 11.5 Å². The molecule has 3 aromatic rings. The van der Waals surface area contributed by atoms with Gasteiger partial charge in [-0.1, -0.05) is 42.5 Å². The molecular formula is C25H24F3NO4. The summed E-state index contributed by atoms with van der Waals surface area (Å²) in [5.74, 6) is 0.303. The summed E-state index contributed by atoms with van der Waals surface area (Å²) in [6.07, 6.45) is -5.55. The Morgan fingerprint density at radius 2 is 1.58 bits per heavy atom. The fourth-order valence-electron chi connectivity index (χ4n) is 3.39. The lowest BCUT2D eigenvalue weighted by Crippen LogP contribution is -2.37. The van der Waals surface area contributed by atoms with Crippen LogP contribution in [-0.4, -0.2) is 31.8 Å². The number of benzene rings is 3. The number of hydrogen-bond acceptors (Lipinski definition) is 4. The van der Waals surface area contributed by atoms with E-state index in [0.29, 0.717) is 28.3 Å². The monoisotopic (exact) mass is 459 g/mol. The van der Waals surface area contributed by atoms with Crippen LogP contribution in [0.2, 0.25) is 0 Å². The molecule has 1 N–H and O–H groups in total. The largest absolute Gasteiger partial charge is 0.493 e. The predicted octanol–water partition coefficient (Wildman–Crippen LogP) is 5.03. The lowest BCUT2D eigenvalue weighted by atomic mass is 10.1. The van der Waals surface area contributed by atoms with Crippen LogP contribution in [-0.2, 0) is 17.4 Å². The molecule has 0 aliphatic carbocycles. The highest BCUT2D eigenvalue weighted by Crippen LogP contribution is 2.33. The van der Waals surface area contributed by atoms with Gasteiger partial charge in [-0.3, -0.25) is 4.79 Å². The highest BCUT2D eigenvalue weighted by atomic mass is 19.4. The van der Waals surface area contributed by atoms with Crippen molar-refractivity contribution in [3.63, 3.8) is 0 Å². The normalized spacial score (nSPS) is 12.2. The minimum Gasteiger partial charge on any atom is -0.493 e. The van der Waals surface area contributed by atoms with Crippen LogP contribution in [0.1, 0.15) is 22.8 Å². The number of ether oxygens (including phenoxy) is 2. The van der Waals surface area contributed by atoms with E-state index in [4.69, 9.17) is 9.47 Å². The van der Waals surface area contributed by atoms with E-state index in [1.807, 2.05) is 0 Å². The first-order chi connectivity index (χ1) is 15.7. The Kier molecular flexibility index (Phi) is 7.60. The average Bonchev–Trinajstić information content (AvgIpc) is 2.83. The number of anilines is 1. The second kappa shape index (κ2) is 10.4. The molecule has 3 aromatic carbocycles. The number of aliphatic hydroxyl groups is 1. The van der Waals surface area contributed by atoms with Crippen molar-refractivity contribution in [1.29, 1.82) is 0 Å². The molecule has 0 bridgehead atoms. The maximum Gasteiger partial charge on any atom is 0.416 e. The minimum atomic E-state index is -4.42. The number of nitrogens with zero attached hydrogens (tertiary/aromatic N) is 1. The van der Waals surface area contributed by atoms with Gasteiger partial charge in [0.2, 0.25) is 0 Å². The van der Waals surface area contributed by atoms with Crippen LogP contribution in [0.15, 0.2) is 72.8 Å². The van der Waals surface area contributed by atoms with Gasteiger partial charge in [0.05, 0.1) is 19.8 Å². The maximum absolute atomic E-state index is 13.3. The summed E-state index contributed by atoms with van der Waals surface area (Å²) < 4.78 is 49.1. The zero-order valence-corrected chi connectivity index (χ0v) is 18.2. The van der Waals surface area contributed by atoms with Crippen molar-refractivity contribution in [3.8, 4) is 11.5 Å². The molecule has 0 spiro atoms. The van der Waals surface area contributed by atoms with Crippen LogP contribution in [0, 0.1) is 0 Å². The number of rotatable bonds is 8. The molecule has 33 heavy (non-hydrogen) atoms. The van der Waals surface area contributed by atoms with Crippen molar-refractivity contribution >= 4 is 11.6 Å². The summed E-state index contributed by atoms with van der Waals surface area (Å²) in [5.41, 5.74) is 0.774. The highest BCUT2D eigenvalue weighted by molar-refractivity contribution is 5.97. The van der Waals surface area contributed by atoms with Crippen molar-refractivity contribution in [2.75, 3.05) is 25.7 Å². The fraction of sp³-hybridized carbons (Fsp3) is 0.240. The quantitative estimate of drug-likeness (QED) is 0.513. The molecule has 174 valence electrons. The van der Waals surface area contributed by atoms with Crippen LogP contribution in [0.3, 0.4) is 0 Å². The van der Waals surface area contributed by atoms with Crippen LogP contribution >= 0.6 is 0 Å². The number of aliphatic hydroxyl groups excluding tert-OH is 1. The van der Waals surface area contributed by atoms with Crippen LogP contribution < -0.4 is 14.4 Å². The molecule has 0 aliphatic heterocycles. The number of methoxy groups -OCH3 is 2. The van der Waals surface area contributed by atoms with Gasteiger partial charge in [-0.15, -0.1) is 0 Å². The van der Waals surface area contributed by atoms with E-state index in [1.54, 1.807) is 48.5 Å². The average molecular weight is 459 g/mol. The fourth-order valence-corrected chi connectivity index (χ4v) is 3.39. The van der Waals surface area contributed by atoms with Crippen LogP contribution in [0.4, 0.5) is 18.9 Å². The molecule has 0 fully saturated rings. The van der Waals surface area contributed by atoms with Crippen LogP contribution in [0.25, 0.3) is 0 Å². The van der Waals surface area contributed by atoms with E-state index in [1.165, 1.54) is 31.3 Å². The zero-order chi connectivity index (χ0) is 24.0. The summed E-state index contributed by atoms with van der Waals surface area (Å²) in [6, 6.07) is 18.2. The Balaban J connectivity index is 1.89. The van der Waals surface area contributed by atoms with Gasteiger partial charge in [-0.2, -0.15) is 13.2 Å². The van der Waals surface area contributed by atoms with Crippen molar-refractivity contribution in [3.05, 3.63) is 89.5 Å². The summed E-state index contributed by atoms with van der Waals surface area (Å²) >= 11 is 0. The number of alkyl halides is 3. The highest BCUT2D eigenvalue weighted by Gasteiger charge is 2.30. The Labute approximate surface area is 190 Å². The standard InChI is InChI=1S/C25H24F3NO4/c1-32-21-13-12-20(16-22(21)33-2)29(24(31)23(30)18-6-4-3-5-7-18)15-14-17-8-10-19(11-9-17)25(26,27)28/h3-13,16,23,30H,14-15H2,1-2H3/t23-/m0/s1. The molecule has 0 heterocycles. The number of carbonyl (C=O) groups is 1. The van der Waals surface area contributed by atoms with Crippen molar-refractivity contribution in [2.24, 2.45) is 0 Å². The Hall–Kier alpha value is -3.52. The molecule has 8 heteroatoms. The van der Waals surface area contributed by atoms with Gasteiger partial charge < -0.3 is 19.5 Å². The van der Waals surface area contributed by atoms with Gasteiger partial charge >= 0.3 is 6.18 Å². The van der Waals surface area contributed by atoms with E-state index in [-0.39, 0.29) is 13.0 Å². The molecule has 5 nitrogen and oxygen atoms in total. The SMILES string of the molecule is COc1ccc(N(CCc2ccc(C(F)(F)F)cc2)C(=O)[C@@H](O)c2ccccc2)cc1OC. The molecule has 0 aromatic heterocycles. The van der Waals surface area contributed by atoms with Gasteiger partial charge in [0.1, 0.15) is 0 Å². The molecule has 0 unspecified atom stereocenters. The number of hydrogen-bond donors (Lipinski definition) is 1. The smallest absolute Gasteiger partial charge is 0.416 e. The summed E-state index contributed by atoms with van der Waals surface area (Å²) in [6.45, 7) is 0.129. The van der Waals surface area contributed by atoms with Gasteiger partial charge in [0.15, 0.2) is 17.6 Å². The Morgan fingerprint density at radius 3 is 2.15 bits per heavy atom. The van der Waals surface area contributed by atoms with E-state index in [0.717, 1.165) is 12.1 Å². The minimum absolute atomic E-state index is 0.129. The van der Waals surface area contributed by atoms with Crippen molar-refractivity contribution in [1.82, 2.24) is 0 Å². The van der Waals surface area contributed by atoms with Crippen molar-refractivity contribution in [2.45, 2.75) is 18.7 Å². The first kappa shape index (κ1) is 24.1. The van der Waals surface area contributed by atoms with Gasteiger partial charge in [-0.05, 0) is 41.8 Å². The van der Waals surface area contributed by atoms with Gasteiger partial charge in [0, 0.05) is 18.3 Å². The topological polar surface area (TPSA) is 59.0 Å². The second-order valence-corrected chi connectivity index (χ2v) is 7.29. The maximum atomic E-state index is 13.3. The molecular weight excluding hydrogens is 435 g/mol. The van der Waals surface area contributed by atoms with E-state index in [9.17, 15) is 23.1 Å². The summed E-state index contributed by atoms with van der Waals surface area (Å²) in [5, 5.41) is 10.7. The summed E-state index contributed by atoms with van der Waals surface area (Å²) in [4.78, 5) is 14.6. The molecule has 0 aliphatic rings. The molecule has 1 amide bonds. The molecule has 0 radical (unpaired) electrons. The summed E-state index contributed by atoms with van der Waals surface area (Å²) in [7, 11) is 2.96. The molecule has 0 saturated heterocycles. The predicted molar refractivity (Wildman–Crippen MR) is 118 cm³/mol. The van der Waals surface area contributed by atoms with E-state index < -0.39 is 23.8 Å². The zero-order valence-electron chi connectivity index (χ0n) is 18.2. The lowest BCUT2D eigenvalue weighted by molar-refractivity contribution is -0.137. The second-order valence-electron chi connectivity index (χ2n) is 7.29. The molecule has 3 rings (SSSR count). The number of carbonyl (C=O) groups excluding carboxylic acids is 1. The number of amides is 1. The van der Waals surface area contributed by atoms with Gasteiger partial charge in [0.25, 0.3) is 5.91 Å². The third kappa shape index (κ3) is 5.84. The lowest BCUT2D eigenvalue weighted by Gasteiger charge is -2.26. The third-order valence-corrected chi connectivity index (χ3v) is 5.20. The first-order valence-corrected chi connectivity index (χ1v) is 10.2. The first-order valence-electron chi connectivity index (χ1n) is 10.2. The Bertz CT molecular complexity index is 1070.